The first kappa shape index (κ1) is 18.6. The smallest absolute Gasteiger partial charge is 0.308 e. The summed E-state index contributed by atoms with van der Waals surface area (Å²) in [5, 5.41) is 20.9. The van der Waals surface area contributed by atoms with E-state index in [-0.39, 0.29) is 18.2 Å². The molecule has 3 aromatic carbocycles. The number of aromatic nitrogens is 1. The Morgan fingerprint density at radius 3 is 2.63 bits per heavy atom. The summed E-state index contributed by atoms with van der Waals surface area (Å²) >= 11 is 3.41. The number of carbonyl (C=O) groups is 1. The van der Waals surface area contributed by atoms with Crippen molar-refractivity contribution in [2.75, 3.05) is 6.61 Å². The number of hydrogen-bond donors (Lipinski definition) is 1. The van der Waals surface area contributed by atoms with Gasteiger partial charge in [-0.05, 0) is 41.1 Å². The van der Waals surface area contributed by atoms with Crippen molar-refractivity contribution < 1.29 is 19.4 Å². The third-order valence-corrected chi connectivity index (χ3v) is 5.59. The molecule has 8 heteroatoms. The number of aromatic hydroxyl groups is 1. The van der Waals surface area contributed by atoms with Gasteiger partial charge in [-0.1, -0.05) is 40.2 Å². The zero-order chi connectivity index (χ0) is 20.8. The molecule has 2 heterocycles. The van der Waals surface area contributed by atoms with Crippen LogP contribution in [0.5, 0.6) is 17.4 Å². The molecule has 5 rings (SSSR count). The Hall–Kier alpha value is -3.39. The lowest BCUT2D eigenvalue weighted by molar-refractivity contribution is -0.127. The maximum Gasteiger partial charge on any atom is 0.308 e. The molecule has 7 nitrogen and oxygen atoms in total. The normalized spacial score (nSPS) is 15.9. The van der Waals surface area contributed by atoms with Crippen LogP contribution >= 0.6 is 15.9 Å². The van der Waals surface area contributed by atoms with E-state index < -0.39 is 12.0 Å². The summed E-state index contributed by atoms with van der Waals surface area (Å²) in [7, 11) is 1.71. The van der Waals surface area contributed by atoms with Gasteiger partial charge in [-0.2, -0.15) is 0 Å². The second-order valence-electron chi connectivity index (χ2n) is 6.99. The van der Waals surface area contributed by atoms with E-state index in [2.05, 4.69) is 26.2 Å². The van der Waals surface area contributed by atoms with Gasteiger partial charge >= 0.3 is 5.91 Å². The first-order valence-electron chi connectivity index (χ1n) is 9.26. The van der Waals surface area contributed by atoms with Crippen LogP contribution in [0, 0.1) is 0 Å². The van der Waals surface area contributed by atoms with E-state index in [9.17, 15) is 9.90 Å². The monoisotopic (exact) mass is 465 g/mol. The summed E-state index contributed by atoms with van der Waals surface area (Å²) in [5.41, 5.74) is 1.00. The van der Waals surface area contributed by atoms with E-state index in [0.717, 1.165) is 20.8 Å². The molecule has 0 spiro atoms. The van der Waals surface area contributed by atoms with Crippen LogP contribution in [0.25, 0.3) is 21.7 Å². The van der Waals surface area contributed by atoms with Crippen molar-refractivity contribution >= 4 is 49.2 Å². The molecule has 1 N–H and O–H groups in total. The van der Waals surface area contributed by atoms with Crippen molar-refractivity contribution in [3.63, 3.8) is 0 Å². The van der Waals surface area contributed by atoms with Crippen LogP contribution < -0.4 is 9.47 Å². The highest BCUT2D eigenvalue weighted by Gasteiger charge is 2.28. The van der Waals surface area contributed by atoms with Gasteiger partial charge in [-0.15, -0.1) is 10.2 Å². The van der Waals surface area contributed by atoms with Gasteiger partial charge in [0.15, 0.2) is 17.2 Å². The number of halogens is 1. The minimum absolute atomic E-state index is 0.0380. The lowest BCUT2D eigenvalue weighted by atomic mass is 10.1. The molecule has 1 atom stereocenters. The fourth-order valence-electron chi connectivity index (χ4n) is 3.52. The molecule has 0 radical (unpaired) electrons. The van der Waals surface area contributed by atoms with Crippen LogP contribution in [0.1, 0.15) is 0 Å². The number of ether oxygens (including phenoxy) is 2. The quantitative estimate of drug-likeness (QED) is 0.409. The molecule has 0 bridgehead atoms. The fraction of sp³-hybridized carbons (Fsp3) is 0.136. The first-order valence-corrected chi connectivity index (χ1v) is 10.1. The van der Waals surface area contributed by atoms with Crippen molar-refractivity contribution in [3.8, 4) is 17.4 Å². The highest BCUT2D eigenvalue weighted by atomic mass is 79.9. The summed E-state index contributed by atoms with van der Waals surface area (Å²) in [6.07, 6.45) is -0.911. The van der Waals surface area contributed by atoms with Crippen molar-refractivity contribution in [1.29, 1.82) is 0 Å². The van der Waals surface area contributed by atoms with Crippen LogP contribution in [0.3, 0.4) is 0 Å². The number of amides is 1. The molecular weight excluding hydrogens is 450 g/mol. The zero-order valence-corrected chi connectivity index (χ0v) is 17.5. The van der Waals surface area contributed by atoms with E-state index in [1.165, 1.54) is 0 Å². The van der Waals surface area contributed by atoms with E-state index >= 15 is 0 Å². The van der Waals surface area contributed by atoms with Gasteiger partial charge in [0, 0.05) is 16.9 Å². The van der Waals surface area contributed by atoms with Crippen molar-refractivity contribution in [2.45, 2.75) is 6.10 Å². The molecule has 30 heavy (non-hydrogen) atoms. The lowest BCUT2D eigenvalue weighted by Crippen LogP contribution is -2.35. The number of hydrogen-bond acceptors (Lipinski definition) is 5. The topological polar surface area (TPSA) is 85.4 Å². The number of carbonyl (C=O) groups excluding carboxylic acids is 1. The number of nitrogens with zero attached hydrogens (tertiary/aromatic N) is 3. The van der Waals surface area contributed by atoms with Crippen molar-refractivity contribution in [3.05, 3.63) is 59.1 Å². The predicted molar refractivity (Wildman–Crippen MR) is 116 cm³/mol. The van der Waals surface area contributed by atoms with E-state index in [4.69, 9.17) is 9.47 Å². The molecule has 1 aliphatic rings. The second kappa shape index (κ2) is 7.14. The summed E-state index contributed by atoms with van der Waals surface area (Å²) in [6.45, 7) is 0.0380. The molecule has 1 amide bonds. The van der Waals surface area contributed by atoms with Gasteiger partial charge in [0.25, 0.3) is 0 Å². The Morgan fingerprint density at radius 1 is 1.13 bits per heavy atom. The second-order valence-corrected chi connectivity index (χ2v) is 7.91. The largest absolute Gasteiger partial charge is 0.493 e. The molecule has 1 aromatic heterocycles. The van der Waals surface area contributed by atoms with Gasteiger partial charge in [-0.25, -0.2) is 0 Å². The number of aryl methyl sites for hydroxylation is 1. The number of azo groups is 1. The maximum atomic E-state index is 12.6. The molecule has 1 aliphatic heterocycles. The molecule has 4 aromatic rings. The van der Waals surface area contributed by atoms with Crippen LogP contribution in [-0.4, -0.2) is 28.3 Å². The number of fused-ring (bicyclic) bond motifs is 3. The number of rotatable bonds is 2. The Labute approximate surface area is 179 Å². The SMILES string of the molecule is Cn1c(O)c(N=NC(=O)[C@H]2COc3cc4ccccc4cc3O2)c2cc(Br)ccc21. The van der Waals surface area contributed by atoms with E-state index in [0.29, 0.717) is 16.9 Å². The molecule has 0 unspecified atom stereocenters. The lowest BCUT2D eigenvalue weighted by Gasteiger charge is -2.24. The average molecular weight is 466 g/mol. The van der Waals surface area contributed by atoms with Gasteiger partial charge in [0.1, 0.15) is 6.61 Å². The molecule has 0 saturated heterocycles. The molecule has 0 aliphatic carbocycles. The predicted octanol–water partition coefficient (Wildman–Crippen LogP) is 5.25. The standard InChI is InChI=1S/C22H16BrN3O4/c1-26-16-7-6-14(23)10-15(16)20(22(26)28)24-25-21(27)19-11-29-17-8-12-4-2-3-5-13(12)9-18(17)30-19/h2-10,19,28H,11H2,1H3/t19-/m1/s1. The minimum Gasteiger partial charge on any atom is -0.493 e. The molecule has 0 fully saturated rings. The summed E-state index contributed by atoms with van der Waals surface area (Å²) in [4.78, 5) is 12.6. The first-order chi connectivity index (χ1) is 14.5. The third-order valence-electron chi connectivity index (χ3n) is 5.10. The van der Waals surface area contributed by atoms with E-state index in [1.807, 2.05) is 54.6 Å². The third kappa shape index (κ3) is 3.09. The average Bonchev–Trinajstić information content (AvgIpc) is 2.99. The molecular formula is C22H16BrN3O4. The van der Waals surface area contributed by atoms with Gasteiger partial charge < -0.3 is 19.1 Å². The van der Waals surface area contributed by atoms with E-state index in [1.54, 1.807) is 11.6 Å². The highest BCUT2D eigenvalue weighted by Crippen LogP contribution is 2.40. The van der Waals surface area contributed by atoms with Gasteiger partial charge in [-0.3, -0.25) is 4.79 Å². The maximum absolute atomic E-state index is 12.6. The Morgan fingerprint density at radius 2 is 1.87 bits per heavy atom. The van der Waals surface area contributed by atoms with Crippen molar-refractivity contribution in [1.82, 2.24) is 4.57 Å². The van der Waals surface area contributed by atoms with Crippen LogP contribution in [0.4, 0.5) is 5.69 Å². The molecule has 0 saturated carbocycles. The number of benzene rings is 3. The Kier molecular flexibility index (Phi) is 4.43. The zero-order valence-electron chi connectivity index (χ0n) is 15.9. The van der Waals surface area contributed by atoms with Crippen molar-refractivity contribution in [2.24, 2.45) is 17.3 Å². The minimum atomic E-state index is -0.911. The Balaban J connectivity index is 1.42. The summed E-state index contributed by atoms with van der Waals surface area (Å²) in [6, 6.07) is 17.1. The molecule has 150 valence electrons. The van der Waals surface area contributed by atoms with Crippen LogP contribution in [0.2, 0.25) is 0 Å². The highest BCUT2D eigenvalue weighted by molar-refractivity contribution is 9.10. The van der Waals surface area contributed by atoms with Crippen LogP contribution in [-0.2, 0) is 11.8 Å². The fourth-order valence-corrected chi connectivity index (χ4v) is 3.89. The summed E-state index contributed by atoms with van der Waals surface area (Å²) < 4.78 is 14.0. The van der Waals surface area contributed by atoms with Gasteiger partial charge in [0.05, 0.1) is 5.52 Å². The Bertz CT molecular complexity index is 1350. The van der Waals surface area contributed by atoms with Crippen LogP contribution in [0.15, 0.2) is 69.3 Å². The van der Waals surface area contributed by atoms with Gasteiger partial charge in [0.2, 0.25) is 12.0 Å². The summed E-state index contributed by atoms with van der Waals surface area (Å²) in [5.74, 6) is 0.425.